The Morgan fingerprint density at radius 2 is 0.875 bits per heavy atom. The molecule has 0 N–H and O–H groups in total. The van der Waals surface area contributed by atoms with E-state index in [1.807, 2.05) is 6.07 Å². The van der Waals surface area contributed by atoms with Crippen molar-refractivity contribution in [3.63, 3.8) is 0 Å². The van der Waals surface area contributed by atoms with Crippen LogP contribution in [0, 0.1) is 0 Å². The summed E-state index contributed by atoms with van der Waals surface area (Å²) in [6.07, 6.45) is 0. The number of hydrogen-bond acceptors (Lipinski definition) is 2. The van der Waals surface area contributed by atoms with Gasteiger partial charge in [0, 0.05) is 32.9 Å². The number of fused-ring (bicyclic) bond motifs is 7. The average Bonchev–Trinajstić information content (AvgIpc) is 3.66. The van der Waals surface area contributed by atoms with Crippen LogP contribution in [0.2, 0.25) is 0 Å². The third-order valence-electron chi connectivity index (χ3n) is 11.3. The lowest BCUT2D eigenvalue weighted by Crippen LogP contribution is -2.10. The molecule has 0 atom stereocenters. The van der Waals surface area contributed by atoms with Crippen molar-refractivity contribution < 1.29 is 4.42 Å². The van der Waals surface area contributed by atoms with Gasteiger partial charge in [-0.05, 0) is 91.3 Å². The van der Waals surface area contributed by atoms with E-state index in [2.05, 4.69) is 211 Å². The van der Waals surface area contributed by atoms with Gasteiger partial charge in [0.05, 0.1) is 5.69 Å². The first-order valence-corrected chi connectivity index (χ1v) is 19.2. The van der Waals surface area contributed by atoms with Crippen molar-refractivity contribution >= 4 is 71.3 Å². The molecule has 2 heteroatoms. The van der Waals surface area contributed by atoms with E-state index < -0.39 is 0 Å². The van der Waals surface area contributed by atoms with Crippen LogP contribution in [-0.2, 0) is 0 Å². The molecular weight excluding hydrogens is 679 g/mol. The number of benzene rings is 10. The maximum atomic E-state index is 6.54. The van der Waals surface area contributed by atoms with Gasteiger partial charge in [0.1, 0.15) is 11.2 Å². The van der Waals surface area contributed by atoms with Crippen LogP contribution < -0.4 is 4.90 Å². The lowest BCUT2D eigenvalue weighted by molar-refractivity contribution is 0.672. The fourth-order valence-corrected chi connectivity index (χ4v) is 8.63. The molecule has 0 saturated heterocycles. The molecule has 0 amide bonds. The number of nitrogens with zero attached hydrogens (tertiary/aromatic N) is 1. The molecule has 2 nitrogen and oxygen atoms in total. The van der Waals surface area contributed by atoms with Crippen LogP contribution >= 0.6 is 0 Å². The Hall–Kier alpha value is -7.42. The molecule has 0 radical (unpaired) electrons. The van der Waals surface area contributed by atoms with E-state index in [1.165, 1.54) is 54.9 Å². The fraction of sp³-hybridized carbons (Fsp3) is 0. The van der Waals surface area contributed by atoms with E-state index in [1.54, 1.807) is 0 Å². The lowest BCUT2D eigenvalue weighted by atomic mass is 9.89. The van der Waals surface area contributed by atoms with Crippen molar-refractivity contribution in [1.82, 2.24) is 0 Å². The molecule has 11 aromatic rings. The quantitative estimate of drug-likeness (QED) is 0.171. The summed E-state index contributed by atoms with van der Waals surface area (Å²) in [4.78, 5) is 2.40. The number of rotatable bonds is 6. The van der Waals surface area contributed by atoms with E-state index in [-0.39, 0.29) is 0 Å². The van der Waals surface area contributed by atoms with Gasteiger partial charge in [-0.25, -0.2) is 0 Å². The van der Waals surface area contributed by atoms with Crippen LogP contribution in [0.25, 0.3) is 87.6 Å². The number of anilines is 3. The molecule has 0 unspecified atom stereocenters. The molecule has 0 fully saturated rings. The molecule has 0 spiro atoms. The first-order chi connectivity index (χ1) is 27.8. The highest BCUT2D eigenvalue weighted by molar-refractivity contribution is 6.19. The Bertz CT molecular complexity index is 3230. The van der Waals surface area contributed by atoms with E-state index in [9.17, 15) is 0 Å². The average molecular weight is 714 g/mol. The molecule has 10 aromatic carbocycles. The molecule has 56 heavy (non-hydrogen) atoms. The van der Waals surface area contributed by atoms with Gasteiger partial charge >= 0.3 is 0 Å². The minimum Gasteiger partial charge on any atom is -0.455 e. The normalized spacial score (nSPS) is 11.6. The van der Waals surface area contributed by atoms with Crippen molar-refractivity contribution in [2.45, 2.75) is 0 Å². The molecule has 0 aliphatic carbocycles. The van der Waals surface area contributed by atoms with E-state index in [0.717, 1.165) is 49.8 Å². The highest BCUT2D eigenvalue weighted by Crippen LogP contribution is 2.46. The summed E-state index contributed by atoms with van der Waals surface area (Å²) >= 11 is 0. The highest BCUT2D eigenvalue weighted by Gasteiger charge is 2.21. The van der Waals surface area contributed by atoms with Crippen LogP contribution in [0.5, 0.6) is 0 Å². The Labute approximate surface area is 325 Å². The first-order valence-electron chi connectivity index (χ1n) is 19.2. The summed E-state index contributed by atoms with van der Waals surface area (Å²) in [6, 6.07) is 76.5. The minimum absolute atomic E-state index is 0.893. The summed E-state index contributed by atoms with van der Waals surface area (Å²) in [5.74, 6) is 0. The Morgan fingerprint density at radius 3 is 1.61 bits per heavy atom. The second-order valence-electron chi connectivity index (χ2n) is 14.4. The number of para-hydroxylation sites is 1. The van der Waals surface area contributed by atoms with Crippen molar-refractivity contribution in [2.75, 3.05) is 4.90 Å². The Kier molecular flexibility index (Phi) is 7.53. The van der Waals surface area contributed by atoms with Crippen LogP contribution in [0.4, 0.5) is 17.1 Å². The molecule has 0 aliphatic heterocycles. The zero-order valence-electron chi connectivity index (χ0n) is 30.6. The smallest absolute Gasteiger partial charge is 0.143 e. The van der Waals surface area contributed by atoms with Gasteiger partial charge in [0.15, 0.2) is 0 Å². The first kappa shape index (κ1) is 32.0. The van der Waals surface area contributed by atoms with Crippen LogP contribution in [-0.4, -0.2) is 0 Å². The van der Waals surface area contributed by atoms with Gasteiger partial charge in [-0.15, -0.1) is 0 Å². The molecule has 0 bridgehead atoms. The lowest BCUT2D eigenvalue weighted by Gasteiger charge is -2.27. The summed E-state index contributed by atoms with van der Waals surface area (Å²) in [5.41, 5.74) is 12.3. The molecule has 0 aliphatic rings. The van der Waals surface area contributed by atoms with Gasteiger partial charge in [-0.2, -0.15) is 0 Å². The van der Waals surface area contributed by atoms with Gasteiger partial charge < -0.3 is 9.32 Å². The Morgan fingerprint density at radius 1 is 0.321 bits per heavy atom. The zero-order chi connectivity index (χ0) is 37.0. The third kappa shape index (κ3) is 5.26. The third-order valence-corrected chi connectivity index (χ3v) is 11.3. The largest absolute Gasteiger partial charge is 0.455 e. The standard InChI is InChI=1S/C54H35NO/c1-2-15-40(16-3-1)53-45-19-7-5-14-37(45)29-34-46(53)39-27-32-42(33-28-39)55(41-30-25-38(26-31-41)44-23-12-17-36-13-4-6-18-43(36)44)51-35-50-48-21-10-11-24-52(48)56-54(50)49-22-9-8-20-47(49)51/h1-35H. The van der Waals surface area contributed by atoms with Crippen LogP contribution in [0.1, 0.15) is 0 Å². The van der Waals surface area contributed by atoms with Crippen molar-refractivity contribution in [3.8, 4) is 33.4 Å². The number of furan rings is 1. The Balaban J connectivity index is 1.11. The van der Waals surface area contributed by atoms with E-state index >= 15 is 0 Å². The van der Waals surface area contributed by atoms with Crippen LogP contribution in [0.15, 0.2) is 217 Å². The second-order valence-corrected chi connectivity index (χ2v) is 14.4. The molecule has 262 valence electrons. The zero-order valence-corrected chi connectivity index (χ0v) is 30.6. The van der Waals surface area contributed by atoms with Gasteiger partial charge in [0.25, 0.3) is 0 Å². The van der Waals surface area contributed by atoms with E-state index in [0.29, 0.717) is 0 Å². The van der Waals surface area contributed by atoms with Gasteiger partial charge in [-0.3, -0.25) is 0 Å². The summed E-state index contributed by atoms with van der Waals surface area (Å²) in [7, 11) is 0. The second kappa shape index (κ2) is 13.2. The molecular formula is C54H35NO. The molecule has 1 heterocycles. The SMILES string of the molecule is c1ccc(-c2c(-c3ccc(N(c4ccc(-c5cccc6ccccc56)cc4)c4cc5c6ccccc6oc5c5ccccc45)cc3)ccc3ccccc23)cc1. The number of hydrogen-bond donors (Lipinski definition) is 0. The maximum absolute atomic E-state index is 6.54. The molecule has 11 rings (SSSR count). The van der Waals surface area contributed by atoms with Crippen molar-refractivity contribution in [1.29, 1.82) is 0 Å². The predicted octanol–water partition coefficient (Wildman–Crippen LogP) is 15.5. The van der Waals surface area contributed by atoms with E-state index in [4.69, 9.17) is 4.42 Å². The highest BCUT2D eigenvalue weighted by atomic mass is 16.3. The topological polar surface area (TPSA) is 16.4 Å². The van der Waals surface area contributed by atoms with Crippen molar-refractivity contribution in [3.05, 3.63) is 212 Å². The summed E-state index contributed by atoms with van der Waals surface area (Å²) in [6.45, 7) is 0. The fourth-order valence-electron chi connectivity index (χ4n) is 8.63. The van der Waals surface area contributed by atoms with Gasteiger partial charge in [0.2, 0.25) is 0 Å². The summed E-state index contributed by atoms with van der Waals surface area (Å²) in [5, 5.41) is 9.41. The minimum atomic E-state index is 0.893. The molecule has 1 aromatic heterocycles. The van der Waals surface area contributed by atoms with Crippen molar-refractivity contribution in [2.24, 2.45) is 0 Å². The molecule has 0 saturated carbocycles. The monoisotopic (exact) mass is 713 g/mol. The maximum Gasteiger partial charge on any atom is 0.143 e. The van der Waals surface area contributed by atoms with Gasteiger partial charge in [-0.1, -0.05) is 176 Å². The van der Waals surface area contributed by atoms with Crippen LogP contribution in [0.3, 0.4) is 0 Å². The summed E-state index contributed by atoms with van der Waals surface area (Å²) < 4.78 is 6.54. The predicted molar refractivity (Wildman–Crippen MR) is 237 cm³/mol.